The van der Waals surface area contributed by atoms with Crippen molar-refractivity contribution in [2.24, 2.45) is 5.73 Å². The lowest BCUT2D eigenvalue weighted by Gasteiger charge is -2.06. The number of aryl methyl sites for hydroxylation is 1. The topological polar surface area (TPSA) is 70.3 Å². The molecule has 2 N–H and O–H groups in total. The fourth-order valence-electron chi connectivity index (χ4n) is 1.14. The van der Waals surface area contributed by atoms with Crippen LogP contribution in [0.2, 0.25) is 0 Å². The lowest BCUT2D eigenvalue weighted by atomic mass is 10.3. The maximum atomic E-state index is 5.50. The van der Waals surface area contributed by atoms with Crippen molar-refractivity contribution >= 4 is 0 Å². The summed E-state index contributed by atoms with van der Waals surface area (Å²) in [5.74, 6) is 0. The predicted molar refractivity (Wildman–Crippen MR) is 56.6 cm³/mol. The molecule has 0 spiro atoms. The minimum atomic E-state index is 0.395. The third-order valence-electron chi connectivity index (χ3n) is 1.82. The smallest absolute Gasteiger partial charge is 0.316 e. The summed E-state index contributed by atoms with van der Waals surface area (Å²) >= 11 is 0. The third-order valence-corrected chi connectivity index (χ3v) is 1.82. The Morgan fingerprint density at radius 2 is 2.13 bits per heavy atom. The summed E-state index contributed by atoms with van der Waals surface area (Å²) in [6.07, 6.45) is 0.825. The van der Waals surface area contributed by atoms with E-state index in [-0.39, 0.29) is 0 Å². The van der Waals surface area contributed by atoms with Gasteiger partial charge in [-0.3, -0.25) is 0 Å². The molecule has 1 aromatic heterocycles. The van der Waals surface area contributed by atoms with Crippen molar-refractivity contribution in [3.63, 3.8) is 0 Å². The molecule has 84 valence electrons. The first-order valence-electron chi connectivity index (χ1n) is 4.92. The van der Waals surface area contributed by atoms with Crippen LogP contribution in [0.25, 0.3) is 0 Å². The zero-order valence-corrected chi connectivity index (χ0v) is 9.19. The third kappa shape index (κ3) is 4.22. The van der Waals surface area contributed by atoms with Crippen LogP contribution < -0.4 is 10.5 Å². The van der Waals surface area contributed by atoms with Gasteiger partial charge < -0.3 is 15.2 Å². The van der Waals surface area contributed by atoms with Crippen LogP contribution in [0.1, 0.15) is 17.8 Å². The van der Waals surface area contributed by atoms with Gasteiger partial charge in [-0.1, -0.05) is 0 Å². The van der Waals surface area contributed by atoms with E-state index in [1.165, 1.54) is 0 Å². The van der Waals surface area contributed by atoms with Crippen molar-refractivity contribution in [1.82, 2.24) is 9.97 Å². The molecule has 15 heavy (non-hydrogen) atoms. The van der Waals surface area contributed by atoms with Crippen molar-refractivity contribution in [1.29, 1.82) is 0 Å². The molecule has 0 fully saturated rings. The fourth-order valence-corrected chi connectivity index (χ4v) is 1.14. The van der Waals surface area contributed by atoms with E-state index >= 15 is 0 Å². The number of nitrogens with two attached hydrogens (primary N) is 1. The number of aromatic nitrogens is 2. The fraction of sp³-hybridized carbons (Fsp3) is 0.600. The molecule has 0 radical (unpaired) electrons. The van der Waals surface area contributed by atoms with Gasteiger partial charge in [0.05, 0.1) is 12.3 Å². The van der Waals surface area contributed by atoms with Gasteiger partial charge in [0.15, 0.2) is 0 Å². The molecule has 0 saturated carbocycles. The number of ether oxygens (including phenoxy) is 2. The zero-order chi connectivity index (χ0) is 11.1. The van der Waals surface area contributed by atoms with Gasteiger partial charge in [0.25, 0.3) is 0 Å². The molecule has 0 aliphatic heterocycles. The largest absolute Gasteiger partial charge is 0.463 e. The van der Waals surface area contributed by atoms with Gasteiger partial charge in [0.1, 0.15) is 0 Å². The highest BCUT2D eigenvalue weighted by molar-refractivity contribution is 5.12. The second kappa shape index (κ2) is 6.31. The Bertz CT molecular complexity index is 305. The molecule has 0 unspecified atom stereocenters. The van der Waals surface area contributed by atoms with Gasteiger partial charge in [-0.05, 0) is 13.0 Å². The van der Waals surface area contributed by atoms with E-state index in [0.717, 1.165) is 17.8 Å². The monoisotopic (exact) mass is 211 g/mol. The SMILES string of the molecule is COCCCOc1nc(C)cc(CN)n1. The Morgan fingerprint density at radius 3 is 2.80 bits per heavy atom. The van der Waals surface area contributed by atoms with E-state index in [9.17, 15) is 0 Å². The first-order chi connectivity index (χ1) is 7.26. The van der Waals surface area contributed by atoms with Gasteiger partial charge >= 0.3 is 6.01 Å². The molecule has 0 amide bonds. The van der Waals surface area contributed by atoms with Gasteiger partial charge in [0, 0.05) is 32.4 Å². The molecule has 1 heterocycles. The average Bonchev–Trinajstić information content (AvgIpc) is 2.23. The average molecular weight is 211 g/mol. The Kier molecular flexibility index (Phi) is 5.00. The van der Waals surface area contributed by atoms with E-state index in [2.05, 4.69) is 9.97 Å². The standard InChI is InChI=1S/C10H17N3O2/c1-8-6-9(7-11)13-10(12-8)15-5-3-4-14-2/h6H,3-5,7,11H2,1-2H3. The van der Waals surface area contributed by atoms with E-state index in [1.54, 1.807) is 7.11 Å². The molecule has 0 aliphatic rings. The summed E-state index contributed by atoms with van der Waals surface area (Å²) in [6.45, 7) is 3.53. The predicted octanol–water partition coefficient (Wildman–Crippen LogP) is 0.659. The molecule has 1 aromatic rings. The molecule has 1 rings (SSSR count). The molecular weight excluding hydrogens is 194 g/mol. The number of hydrogen-bond acceptors (Lipinski definition) is 5. The summed E-state index contributed by atoms with van der Waals surface area (Å²) in [6, 6.07) is 2.24. The van der Waals surface area contributed by atoms with E-state index in [4.69, 9.17) is 15.2 Å². The molecular formula is C10H17N3O2. The van der Waals surface area contributed by atoms with Crippen molar-refractivity contribution in [2.75, 3.05) is 20.3 Å². The van der Waals surface area contributed by atoms with E-state index in [0.29, 0.717) is 25.8 Å². The molecule has 5 nitrogen and oxygen atoms in total. The van der Waals surface area contributed by atoms with Crippen LogP contribution in [0.5, 0.6) is 6.01 Å². The number of hydrogen-bond donors (Lipinski definition) is 1. The highest BCUT2D eigenvalue weighted by atomic mass is 16.5. The maximum absolute atomic E-state index is 5.50. The van der Waals surface area contributed by atoms with Crippen LogP contribution in [-0.2, 0) is 11.3 Å². The maximum Gasteiger partial charge on any atom is 0.316 e. The molecule has 0 atom stereocenters. The van der Waals surface area contributed by atoms with Crippen LogP contribution in [0, 0.1) is 6.92 Å². The first-order valence-corrected chi connectivity index (χ1v) is 4.92. The van der Waals surface area contributed by atoms with Crippen LogP contribution in [0.3, 0.4) is 0 Å². The van der Waals surface area contributed by atoms with Gasteiger partial charge in [0.2, 0.25) is 0 Å². The lowest BCUT2D eigenvalue weighted by Crippen LogP contribution is -2.08. The molecule has 0 bridgehead atoms. The number of nitrogens with zero attached hydrogens (tertiary/aromatic N) is 2. The van der Waals surface area contributed by atoms with Crippen LogP contribution in [0.4, 0.5) is 0 Å². The minimum Gasteiger partial charge on any atom is -0.463 e. The minimum absolute atomic E-state index is 0.395. The quantitative estimate of drug-likeness (QED) is 0.700. The lowest BCUT2D eigenvalue weighted by molar-refractivity contribution is 0.168. The van der Waals surface area contributed by atoms with E-state index < -0.39 is 0 Å². The summed E-state index contributed by atoms with van der Waals surface area (Å²) in [4.78, 5) is 8.30. The summed E-state index contributed by atoms with van der Waals surface area (Å²) < 4.78 is 10.3. The van der Waals surface area contributed by atoms with Crippen molar-refractivity contribution in [3.05, 3.63) is 17.5 Å². The zero-order valence-electron chi connectivity index (χ0n) is 9.19. The van der Waals surface area contributed by atoms with Crippen molar-refractivity contribution < 1.29 is 9.47 Å². The van der Waals surface area contributed by atoms with Crippen molar-refractivity contribution in [3.8, 4) is 6.01 Å². The highest BCUT2D eigenvalue weighted by Crippen LogP contribution is 2.06. The Labute approximate surface area is 89.6 Å². The van der Waals surface area contributed by atoms with Crippen LogP contribution in [-0.4, -0.2) is 30.3 Å². The second-order valence-corrected chi connectivity index (χ2v) is 3.18. The second-order valence-electron chi connectivity index (χ2n) is 3.18. The molecule has 0 aromatic carbocycles. The van der Waals surface area contributed by atoms with Crippen LogP contribution >= 0.6 is 0 Å². The Balaban J connectivity index is 2.49. The summed E-state index contributed by atoms with van der Waals surface area (Å²) in [5.41, 5.74) is 7.16. The Hall–Kier alpha value is -1.20. The number of rotatable bonds is 6. The van der Waals surface area contributed by atoms with Crippen molar-refractivity contribution in [2.45, 2.75) is 19.9 Å². The molecule has 0 aliphatic carbocycles. The molecule has 0 saturated heterocycles. The summed E-state index contributed by atoms with van der Waals surface area (Å²) in [7, 11) is 1.66. The van der Waals surface area contributed by atoms with E-state index in [1.807, 2.05) is 13.0 Å². The first kappa shape index (κ1) is 11.9. The van der Waals surface area contributed by atoms with Gasteiger partial charge in [-0.2, -0.15) is 4.98 Å². The highest BCUT2D eigenvalue weighted by Gasteiger charge is 2.01. The van der Waals surface area contributed by atoms with Gasteiger partial charge in [-0.25, -0.2) is 4.98 Å². The normalized spacial score (nSPS) is 10.3. The Morgan fingerprint density at radius 1 is 1.33 bits per heavy atom. The summed E-state index contributed by atoms with van der Waals surface area (Å²) in [5, 5.41) is 0. The molecule has 5 heteroatoms. The number of methoxy groups -OCH3 is 1. The van der Waals surface area contributed by atoms with Crippen LogP contribution in [0.15, 0.2) is 6.07 Å². The van der Waals surface area contributed by atoms with Gasteiger partial charge in [-0.15, -0.1) is 0 Å².